The van der Waals surface area contributed by atoms with Gasteiger partial charge in [0.15, 0.2) is 0 Å². The molecule has 0 spiro atoms. The first kappa shape index (κ1) is 45.6. The van der Waals surface area contributed by atoms with Gasteiger partial charge in [-0.1, -0.05) is 200 Å². The van der Waals surface area contributed by atoms with Gasteiger partial charge in [-0.15, -0.1) is 0 Å². The maximum Gasteiger partial charge on any atom is 0.0705 e. The van der Waals surface area contributed by atoms with Crippen LogP contribution in [0.5, 0.6) is 0 Å². The van der Waals surface area contributed by atoms with Crippen molar-refractivity contribution in [3.8, 4) is 123 Å². The fourth-order valence-corrected chi connectivity index (χ4v) is 10.2. The van der Waals surface area contributed by atoms with E-state index in [-0.39, 0.29) is 0 Å². The van der Waals surface area contributed by atoms with Gasteiger partial charge in [0, 0.05) is 35.3 Å². The number of nitrogens with zero attached hydrogens (tertiary/aromatic N) is 3. The third-order valence-electron chi connectivity index (χ3n) is 14.2. The Labute approximate surface area is 433 Å². The lowest BCUT2D eigenvalue weighted by Gasteiger charge is -2.19. The van der Waals surface area contributed by atoms with Gasteiger partial charge in [-0.3, -0.25) is 15.0 Å². The Balaban J connectivity index is 1.04. The third kappa shape index (κ3) is 9.27. The van der Waals surface area contributed by atoms with Crippen LogP contribution in [0.4, 0.5) is 0 Å². The summed E-state index contributed by atoms with van der Waals surface area (Å²) in [5, 5.41) is 0. The summed E-state index contributed by atoms with van der Waals surface area (Å²) in [7, 11) is 0. The minimum absolute atomic E-state index is 0.956. The van der Waals surface area contributed by atoms with Gasteiger partial charge in [-0.2, -0.15) is 0 Å². The molecule has 350 valence electrons. The molecule has 0 aliphatic rings. The highest BCUT2D eigenvalue weighted by atomic mass is 14.7. The molecule has 9 aromatic carbocycles. The minimum atomic E-state index is 0.956. The van der Waals surface area contributed by atoms with E-state index < -0.39 is 0 Å². The van der Waals surface area contributed by atoms with Crippen LogP contribution in [0.1, 0.15) is 11.1 Å². The molecule has 0 N–H and O–H groups in total. The van der Waals surface area contributed by atoms with E-state index in [1.54, 1.807) is 0 Å². The van der Waals surface area contributed by atoms with Crippen LogP contribution in [-0.2, 0) is 0 Å². The minimum Gasteiger partial charge on any atom is -0.256 e. The zero-order valence-corrected chi connectivity index (χ0v) is 41.3. The molecule has 0 atom stereocenters. The second-order valence-corrected chi connectivity index (χ2v) is 18.9. The Kier molecular flexibility index (Phi) is 12.5. The molecule has 3 heterocycles. The Bertz CT molecular complexity index is 3780. The van der Waals surface area contributed by atoms with Gasteiger partial charge in [0.1, 0.15) is 0 Å². The fraction of sp³-hybridized carbons (Fsp3) is 0.0282. The summed E-state index contributed by atoms with van der Waals surface area (Å²) < 4.78 is 0. The van der Waals surface area contributed by atoms with E-state index in [4.69, 9.17) is 4.98 Å². The lowest BCUT2D eigenvalue weighted by molar-refractivity contribution is 1.22. The van der Waals surface area contributed by atoms with Crippen molar-refractivity contribution in [2.45, 2.75) is 13.8 Å². The molecule has 0 aliphatic carbocycles. The number of rotatable bonds is 11. The summed E-state index contributed by atoms with van der Waals surface area (Å²) in [6.07, 6.45) is 5.68. The van der Waals surface area contributed by atoms with Gasteiger partial charge in [0.25, 0.3) is 0 Å². The Morgan fingerprint density at radius 3 is 1.04 bits per heavy atom. The van der Waals surface area contributed by atoms with E-state index in [0.29, 0.717) is 0 Å². The topological polar surface area (TPSA) is 38.7 Å². The van der Waals surface area contributed by atoms with E-state index >= 15 is 0 Å². The summed E-state index contributed by atoms with van der Waals surface area (Å²) in [6.45, 7) is 4.28. The van der Waals surface area contributed by atoms with Crippen molar-refractivity contribution in [1.29, 1.82) is 0 Å². The lowest BCUT2D eigenvalue weighted by Crippen LogP contribution is -1.94. The third-order valence-corrected chi connectivity index (χ3v) is 14.2. The Hall–Kier alpha value is -9.57. The highest BCUT2D eigenvalue weighted by Gasteiger charge is 2.19. The van der Waals surface area contributed by atoms with Crippen LogP contribution in [0.25, 0.3) is 123 Å². The monoisotopic (exact) mass is 945 g/mol. The molecule has 3 heteroatoms. The zero-order valence-electron chi connectivity index (χ0n) is 41.3. The average Bonchev–Trinajstić information content (AvgIpc) is 3.48. The number of hydrogen-bond acceptors (Lipinski definition) is 3. The van der Waals surface area contributed by atoms with Crippen molar-refractivity contribution in [3.05, 3.63) is 285 Å². The van der Waals surface area contributed by atoms with Crippen molar-refractivity contribution in [3.63, 3.8) is 0 Å². The molecule has 0 aliphatic heterocycles. The van der Waals surface area contributed by atoms with Crippen LogP contribution in [0, 0.1) is 13.8 Å². The quantitative estimate of drug-likeness (QED) is 0.130. The molecule has 0 unspecified atom stereocenters. The predicted octanol–water partition coefficient (Wildman–Crippen LogP) is 18.8. The fourth-order valence-electron chi connectivity index (χ4n) is 10.2. The first-order chi connectivity index (χ1) is 36.5. The first-order valence-electron chi connectivity index (χ1n) is 25.2. The average molecular weight is 946 g/mol. The van der Waals surface area contributed by atoms with Crippen molar-refractivity contribution in [2.24, 2.45) is 0 Å². The molecule has 3 aromatic heterocycles. The normalized spacial score (nSPS) is 11.1. The molecule has 0 amide bonds. The van der Waals surface area contributed by atoms with Gasteiger partial charge in [0.2, 0.25) is 0 Å². The number of aryl methyl sites for hydroxylation is 2. The number of benzene rings is 9. The molecular formula is C71H51N3. The summed E-state index contributed by atoms with van der Waals surface area (Å²) in [6, 6.07) is 92.0. The van der Waals surface area contributed by atoms with Crippen molar-refractivity contribution in [2.75, 3.05) is 0 Å². The van der Waals surface area contributed by atoms with Gasteiger partial charge >= 0.3 is 0 Å². The smallest absolute Gasteiger partial charge is 0.0705 e. The van der Waals surface area contributed by atoms with Crippen molar-refractivity contribution in [1.82, 2.24) is 15.0 Å². The molecule has 0 bridgehead atoms. The highest BCUT2D eigenvalue weighted by Crippen LogP contribution is 2.45. The second-order valence-electron chi connectivity index (χ2n) is 18.9. The van der Waals surface area contributed by atoms with Crippen LogP contribution >= 0.6 is 0 Å². The highest BCUT2D eigenvalue weighted by molar-refractivity contribution is 5.97. The summed E-state index contributed by atoms with van der Waals surface area (Å²) in [5.41, 5.74) is 26.9. The zero-order chi connectivity index (χ0) is 49.8. The van der Waals surface area contributed by atoms with E-state index in [9.17, 15) is 0 Å². The largest absolute Gasteiger partial charge is 0.256 e. The van der Waals surface area contributed by atoms with Crippen molar-refractivity contribution < 1.29 is 0 Å². The van der Waals surface area contributed by atoms with E-state index in [1.807, 2.05) is 42.9 Å². The summed E-state index contributed by atoms with van der Waals surface area (Å²) >= 11 is 0. The maximum atomic E-state index is 4.93. The summed E-state index contributed by atoms with van der Waals surface area (Å²) in [5.74, 6) is 0. The second kappa shape index (κ2) is 20.3. The first-order valence-corrected chi connectivity index (χ1v) is 25.2. The lowest BCUT2D eigenvalue weighted by atomic mass is 9.84. The van der Waals surface area contributed by atoms with Gasteiger partial charge in [0.05, 0.1) is 17.1 Å². The van der Waals surface area contributed by atoms with Crippen LogP contribution in [0.15, 0.2) is 273 Å². The van der Waals surface area contributed by atoms with E-state index in [2.05, 4.69) is 254 Å². The van der Waals surface area contributed by atoms with Gasteiger partial charge < -0.3 is 0 Å². The standard InChI is InChI=1S/C71H51N3/c1-48-42-71(74-47-49(48)2)57-38-39-67(68(46-57)54-28-26-51(27-29-54)50-16-4-3-5-17-50)66-23-11-10-22-65(66)60-44-58(63-20-8-6-18-61(63)52-30-34-55(35-31-52)69-24-12-14-40-72-69)43-59(45-60)64-21-9-7-19-62(64)53-32-36-56(37-33-53)70-25-13-15-41-73-70/h3-47H,1-2H3. The van der Waals surface area contributed by atoms with E-state index in [1.165, 1.54) is 22.3 Å². The number of hydrogen-bond donors (Lipinski definition) is 0. The Morgan fingerprint density at radius 1 is 0.203 bits per heavy atom. The summed E-state index contributed by atoms with van der Waals surface area (Å²) in [4.78, 5) is 14.2. The van der Waals surface area contributed by atoms with Crippen LogP contribution in [0.2, 0.25) is 0 Å². The van der Waals surface area contributed by atoms with Gasteiger partial charge in [-0.25, -0.2) is 0 Å². The predicted molar refractivity (Wildman–Crippen MR) is 309 cm³/mol. The SMILES string of the molecule is Cc1cnc(-c2ccc(-c3ccccc3-c3cc(-c4ccccc4-c4ccc(-c5ccccn5)cc4)cc(-c4ccccc4-c4ccc(-c5ccccn5)cc4)c3)c(-c3ccc(-c4ccccc4)cc3)c2)cc1C. The number of aromatic nitrogens is 3. The maximum absolute atomic E-state index is 4.93. The van der Waals surface area contributed by atoms with Crippen LogP contribution < -0.4 is 0 Å². The van der Waals surface area contributed by atoms with Crippen LogP contribution in [-0.4, -0.2) is 15.0 Å². The molecule has 0 saturated carbocycles. The molecule has 3 nitrogen and oxygen atoms in total. The molecule has 0 saturated heterocycles. The number of pyridine rings is 3. The Morgan fingerprint density at radius 2 is 0.568 bits per heavy atom. The molecule has 0 fully saturated rings. The molecule has 12 aromatic rings. The van der Waals surface area contributed by atoms with Crippen molar-refractivity contribution >= 4 is 0 Å². The molecule has 0 radical (unpaired) electrons. The van der Waals surface area contributed by atoms with Gasteiger partial charge in [-0.05, 0) is 169 Å². The molecule has 74 heavy (non-hydrogen) atoms. The molecule has 12 rings (SSSR count). The van der Waals surface area contributed by atoms with E-state index in [0.717, 1.165) is 112 Å². The molecular weight excluding hydrogens is 895 g/mol. The van der Waals surface area contributed by atoms with Crippen LogP contribution in [0.3, 0.4) is 0 Å².